The third-order valence-electron chi connectivity index (χ3n) is 6.25. The fraction of sp³-hybridized carbons (Fsp3) is 0.360. The van der Waals surface area contributed by atoms with Gasteiger partial charge >= 0.3 is 5.97 Å². The molecule has 0 radical (unpaired) electrons. The molecule has 34 heavy (non-hydrogen) atoms. The first-order valence-electron chi connectivity index (χ1n) is 10.9. The van der Waals surface area contributed by atoms with Crippen LogP contribution < -0.4 is 23.7 Å². The van der Waals surface area contributed by atoms with Crippen LogP contribution >= 0.6 is 0 Å². The summed E-state index contributed by atoms with van der Waals surface area (Å²) in [6.45, 7) is 5.70. The Hall–Kier alpha value is -3.88. The molecule has 3 unspecified atom stereocenters. The molecule has 0 spiro atoms. The quantitative estimate of drug-likeness (QED) is 0.619. The number of methoxy groups -OCH3 is 2. The SMILES string of the molecule is C=C(C)C1Cc2c(ccc(C3=NOC4COc5cc(OC)c(OC)cc5C34)c2OCC(=O)O)O1. The fourth-order valence-electron chi connectivity index (χ4n) is 4.59. The number of carbonyl (C=O) groups is 1. The molecule has 9 heteroatoms. The molecule has 9 nitrogen and oxygen atoms in total. The molecule has 3 aliphatic rings. The van der Waals surface area contributed by atoms with Gasteiger partial charge in [0.25, 0.3) is 0 Å². The van der Waals surface area contributed by atoms with Gasteiger partial charge in [-0.15, -0.1) is 0 Å². The lowest BCUT2D eigenvalue weighted by atomic mass is 9.83. The molecule has 3 aliphatic heterocycles. The van der Waals surface area contributed by atoms with E-state index in [0.29, 0.717) is 53.1 Å². The molecule has 0 amide bonds. The lowest BCUT2D eigenvalue weighted by molar-refractivity contribution is -0.139. The predicted molar refractivity (Wildman–Crippen MR) is 122 cm³/mol. The number of hydrogen-bond acceptors (Lipinski definition) is 8. The summed E-state index contributed by atoms with van der Waals surface area (Å²) in [5.41, 5.74) is 3.79. The number of hydrogen-bond donors (Lipinski definition) is 1. The van der Waals surface area contributed by atoms with E-state index in [-0.39, 0.29) is 18.1 Å². The molecule has 178 valence electrons. The van der Waals surface area contributed by atoms with E-state index in [1.165, 1.54) is 0 Å². The zero-order valence-electron chi connectivity index (χ0n) is 19.1. The Kier molecular flexibility index (Phi) is 5.47. The largest absolute Gasteiger partial charge is 0.493 e. The highest BCUT2D eigenvalue weighted by atomic mass is 16.7. The van der Waals surface area contributed by atoms with Crippen LogP contribution in [0.15, 0.2) is 41.6 Å². The van der Waals surface area contributed by atoms with Crippen molar-refractivity contribution in [2.24, 2.45) is 5.16 Å². The number of fused-ring (bicyclic) bond motifs is 4. The molecule has 0 saturated carbocycles. The number of carboxylic acid groups (broad SMARTS) is 1. The molecule has 5 rings (SSSR count). The standard InChI is InChI=1S/C25H25NO8/c1-12(2)17-8-15-16(33-17)6-5-13(25(15)32-11-22(27)28)24-23-14-7-19(29-3)20(30-4)9-18(14)31-10-21(23)34-26-24/h5-7,9,17,21,23H,1,8,10-11H2,2-4H3,(H,27,28). The van der Waals surface area contributed by atoms with Crippen molar-refractivity contribution in [2.75, 3.05) is 27.4 Å². The summed E-state index contributed by atoms with van der Waals surface area (Å²) in [5.74, 6) is 1.50. The van der Waals surface area contributed by atoms with Crippen LogP contribution in [0.3, 0.4) is 0 Å². The maximum atomic E-state index is 11.3. The van der Waals surface area contributed by atoms with Crippen molar-refractivity contribution in [3.8, 4) is 28.7 Å². The number of carboxylic acids is 1. The van der Waals surface area contributed by atoms with E-state index in [9.17, 15) is 9.90 Å². The number of aliphatic carboxylic acids is 1. The van der Waals surface area contributed by atoms with E-state index in [2.05, 4.69) is 11.7 Å². The summed E-state index contributed by atoms with van der Waals surface area (Å²) < 4.78 is 28.6. The average molecular weight is 467 g/mol. The van der Waals surface area contributed by atoms with Gasteiger partial charge in [0.05, 0.1) is 20.1 Å². The van der Waals surface area contributed by atoms with E-state index in [4.69, 9.17) is 28.5 Å². The number of ether oxygens (including phenoxy) is 5. The summed E-state index contributed by atoms with van der Waals surface area (Å²) in [5, 5.41) is 13.7. The molecular formula is C25H25NO8. The maximum Gasteiger partial charge on any atom is 0.341 e. The Bertz CT molecular complexity index is 1200. The molecule has 3 atom stereocenters. The van der Waals surface area contributed by atoms with E-state index in [1.54, 1.807) is 20.3 Å². The summed E-state index contributed by atoms with van der Waals surface area (Å²) in [7, 11) is 3.14. The normalized spacial score (nSPS) is 21.6. The molecule has 2 aromatic carbocycles. The van der Waals surface area contributed by atoms with Gasteiger partial charge in [0.2, 0.25) is 0 Å². The molecule has 0 aromatic heterocycles. The highest BCUT2D eigenvalue weighted by Crippen LogP contribution is 2.48. The predicted octanol–water partition coefficient (Wildman–Crippen LogP) is 3.33. The van der Waals surface area contributed by atoms with Crippen LogP contribution in [0.25, 0.3) is 0 Å². The molecule has 0 aliphatic carbocycles. The fourth-order valence-corrected chi connectivity index (χ4v) is 4.59. The van der Waals surface area contributed by atoms with Gasteiger partial charge in [0.15, 0.2) is 24.2 Å². The number of rotatable bonds is 7. The summed E-state index contributed by atoms with van der Waals surface area (Å²) in [6, 6.07) is 7.33. The maximum absolute atomic E-state index is 11.3. The molecule has 0 fully saturated rings. The zero-order chi connectivity index (χ0) is 24.0. The summed E-state index contributed by atoms with van der Waals surface area (Å²) in [6.07, 6.45) is -0.0199. The van der Waals surface area contributed by atoms with E-state index in [1.807, 2.05) is 25.1 Å². The molecule has 0 bridgehead atoms. The molecule has 3 heterocycles. The van der Waals surface area contributed by atoms with Crippen LogP contribution in [0.4, 0.5) is 0 Å². The minimum atomic E-state index is -1.07. The van der Waals surface area contributed by atoms with Crippen molar-refractivity contribution in [3.05, 3.63) is 53.1 Å². The van der Waals surface area contributed by atoms with Crippen LogP contribution in [0.2, 0.25) is 0 Å². The Balaban J connectivity index is 1.60. The van der Waals surface area contributed by atoms with Gasteiger partial charge in [0.1, 0.15) is 35.7 Å². The molecule has 0 saturated heterocycles. The third kappa shape index (κ3) is 3.57. The first kappa shape index (κ1) is 21.9. The minimum Gasteiger partial charge on any atom is -0.493 e. The van der Waals surface area contributed by atoms with Crippen LogP contribution in [-0.2, 0) is 16.1 Å². The van der Waals surface area contributed by atoms with Crippen molar-refractivity contribution >= 4 is 11.7 Å². The Labute approximate surface area is 196 Å². The monoisotopic (exact) mass is 467 g/mol. The second-order valence-electron chi connectivity index (χ2n) is 8.41. The highest BCUT2D eigenvalue weighted by molar-refractivity contribution is 6.09. The number of nitrogens with zero attached hydrogens (tertiary/aromatic N) is 1. The highest BCUT2D eigenvalue weighted by Gasteiger charge is 2.44. The Morgan fingerprint density at radius 3 is 2.68 bits per heavy atom. The topological polar surface area (TPSA) is 105 Å². The van der Waals surface area contributed by atoms with Crippen molar-refractivity contribution in [1.82, 2.24) is 0 Å². The van der Waals surface area contributed by atoms with Gasteiger partial charge in [0, 0.05) is 29.2 Å². The van der Waals surface area contributed by atoms with Gasteiger partial charge in [-0.05, 0) is 30.7 Å². The van der Waals surface area contributed by atoms with Gasteiger partial charge in [-0.3, -0.25) is 0 Å². The first-order chi connectivity index (χ1) is 16.4. The molecule has 1 N–H and O–H groups in total. The second-order valence-corrected chi connectivity index (χ2v) is 8.41. The molecule has 2 aromatic rings. The minimum absolute atomic E-state index is 0.201. The van der Waals surface area contributed by atoms with Crippen molar-refractivity contribution < 1.29 is 38.4 Å². The molecular weight excluding hydrogens is 442 g/mol. The van der Waals surface area contributed by atoms with Gasteiger partial charge in [-0.2, -0.15) is 0 Å². The summed E-state index contributed by atoms with van der Waals surface area (Å²) >= 11 is 0. The van der Waals surface area contributed by atoms with Crippen LogP contribution in [-0.4, -0.2) is 56.4 Å². The average Bonchev–Trinajstić information content (AvgIpc) is 3.46. The van der Waals surface area contributed by atoms with Gasteiger partial charge < -0.3 is 33.6 Å². The van der Waals surface area contributed by atoms with Gasteiger partial charge in [-0.1, -0.05) is 11.7 Å². The van der Waals surface area contributed by atoms with E-state index in [0.717, 1.165) is 16.7 Å². The third-order valence-corrected chi connectivity index (χ3v) is 6.25. The van der Waals surface area contributed by atoms with Crippen LogP contribution in [0, 0.1) is 0 Å². The Morgan fingerprint density at radius 1 is 1.21 bits per heavy atom. The number of benzene rings is 2. The second kappa shape index (κ2) is 8.48. The van der Waals surface area contributed by atoms with Crippen molar-refractivity contribution in [3.63, 3.8) is 0 Å². The first-order valence-corrected chi connectivity index (χ1v) is 10.9. The van der Waals surface area contributed by atoms with E-state index < -0.39 is 12.6 Å². The van der Waals surface area contributed by atoms with Crippen molar-refractivity contribution in [2.45, 2.75) is 31.5 Å². The Morgan fingerprint density at radius 2 is 1.97 bits per heavy atom. The smallest absolute Gasteiger partial charge is 0.341 e. The van der Waals surface area contributed by atoms with E-state index >= 15 is 0 Å². The van der Waals surface area contributed by atoms with Crippen LogP contribution in [0.1, 0.15) is 29.5 Å². The zero-order valence-corrected chi connectivity index (χ0v) is 19.1. The van der Waals surface area contributed by atoms with Crippen molar-refractivity contribution in [1.29, 1.82) is 0 Å². The van der Waals surface area contributed by atoms with Crippen LogP contribution in [0.5, 0.6) is 28.7 Å². The summed E-state index contributed by atoms with van der Waals surface area (Å²) in [4.78, 5) is 17.1. The lowest BCUT2D eigenvalue weighted by Gasteiger charge is -2.28. The lowest BCUT2D eigenvalue weighted by Crippen LogP contribution is -2.32. The number of oxime groups is 1. The van der Waals surface area contributed by atoms with Gasteiger partial charge in [-0.25, -0.2) is 4.79 Å².